The van der Waals surface area contributed by atoms with E-state index in [0.717, 1.165) is 12.6 Å². The fraction of sp³-hybridized carbons (Fsp3) is 0.714. The highest BCUT2D eigenvalue weighted by Crippen LogP contribution is 2.52. The van der Waals surface area contributed by atoms with Crippen LogP contribution >= 0.6 is 6.49 Å². The summed E-state index contributed by atoms with van der Waals surface area (Å²) in [5, 5.41) is 0. The Hall–Kier alpha value is 0.130. The molecule has 1 heterocycles. The number of rotatable bonds is 1. The lowest BCUT2D eigenvalue weighted by Gasteiger charge is -2.28. The molecule has 0 bridgehead atoms. The highest BCUT2D eigenvalue weighted by Gasteiger charge is 2.26. The molecule has 1 saturated heterocycles. The van der Waals surface area contributed by atoms with Gasteiger partial charge in [-0.1, -0.05) is 0 Å². The molecule has 0 N–H and O–H groups in total. The second-order valence-electron chi connectivity index (χ2n) is 2.46. The fourth-order valence-corrected chi connectivity index (χ4v) is 3.35. The van der Waals surface area contributed by atoms with Gasteiger partial charge in [0.2, 0.25) is 0 Å². The van der Waals surface area contributed by atoms with Gasteiger partial charge in [-0.05, 0) is 18.2 Å². The first-order valence-electron chi connectivity index (χ1n) is 3.45. The van der Waals surface area contributed by atoms with Gasteiger partial charge in [0, 0.05) is 19.2 Å². The average molecular weight is 190 g/mol. The summed E-state index contributed by atoms with van der Waals surface area (Å²) in [6.45, 7) is -1.32. The molecule has 0 aliphatic carbocycles. The van der Waals surface area contributed by atoms with E-state index in [0.29, 0.717) is 6.61 Å². The largest absolute Gasteiger partial charge is 0.333 e. The van der Waals surface area contributed by atoms with Crippen molar-refractivity contribution in [3.05, 3.63) is 0 Å². The summed E-state index contributed by atoms with van der Waals surface area (Å²) in [6.07, 6.45) is 6.94. The van der Waals surface area contributed by atoms with Gasteiger partial charge in [-0.3, -0.25) is 0 Å². The van der Waals surface area contributed by atoms with E-state index in [1.165, 1.54) is 0 Å². The molecule has 62 valence electrons. The van der Waals surface area contributed by atoms with Crippen LogP contribution in [0.25, 0.3) is 0 Å². The van der Waals surface area contributed by atoms with Crippen LogP contribution in [0.1, 0.15) is 6.42 Å². The molecule has 0 aromatic heterocycles. The third-order valence-electron chi connectivity index (χ3n) is 1.71. The number of terminal acetylenes is 1. The Morgan fingerprint density at radius 2 is 2.55 bits per heavy atom. The molecule has 0 amide bonds. The van der Waals surface area contributed by atoms with E-state index in [4.69, 9.17) is 27.3 Å². The fourth-order valence-electron chi connectivity index (χ4n) is 1.01. The van der Waals surface area contributed by atoms with E-state index in [2.05, 4.69) is 5.92 Å². The molecule has 1 aliphatic rings. The van der Waals surface area contributed by atoms with Gasteiger partial charge in [0.25, 0.3) is 0 Å². The normalized spacial score (nSPS) is 38.0. The van der Waals surface area contributed by atoms with E-state index in [-0.39, 0.29) is 5.92 Å². The Bertz CT molecular complexity index is 221. The summed E-state index contributed by atoms with van der Waals surface area (Å²) in [5.41, 5.74) is 0. The zero-order valence-electron chi connectivity index (χ0n) is 6.45. The highest BCUT2D eigenvalue weighted by atomic mass is 32.5. The van der Waals surface area contributed by atoms with Crippen LogP contribution in [0, 0.1) is 18.3 Å². The molecule has 0 aromatic carbocycles. The second-order valence-corrected chi connectivity index (χ2v) is 6.34. The van der Waals surface area contributed by atoms with Crippen LogP contribution in [-0.4, -0.2) is 19.9 Å². The standard InChI is InChI=1S/C7H11O2PS/c1-3-7-4-5-9-10(11,6-7)8-2/h1,7H,4-6H2,2H3. The maximum Gasteiger partial charge on any atom is 0.189 e. The van der Waals surface area contributed by atoms with Crippen LogP contribution in [-0.2, 0) is 20.9 Å². The topological polar surface area (TPSA) is 18.5 Å². The first kappa shape index (κ1) is 9.22. The molecule has 1 fully saturated rings. The third kappa shape index (κ3) is 2.28. The predicted molar refractivity (Wildman–Crippen MR) is 49.1 cm³/mol. The number of hydrogen-bond acceptors (Lipinski definition) is 3. The van der Waals surface area contributed by atoms with E-state index >= 15 is 0 Å². The smallest absolute Gasteiger partial charge is 0.189 e. The number of hydrogen-bond donors (Lipinski definition) is 0. The Kier molecular flexibility index (Phi) is 3.09. The lowest BCUT2D eigenvalue weighted by molar-refractivity contribution is 0.244. The van der Waals surface area contributed by atoms with Gasteiger partial charge in [-0.2, -0.15) is 0 Å². The Labute approximate surface area is 72.4 Å². The minimum Gasteiger partial charge on any atom is -0.333 e. The Balaban J connectivity index is 2.61. The molecule has 0 saturated carbocycles. The van der Waals surface area contributed by atoms with Gasteiger partial charge in [0.05, 0.1) is 6.61 Å². The van der Waals surface area contributed by atoms with E-state index in [1.807, 2.05) is 0 Å². The van der Waals surface area contributed by atoms with Crippen molar-refractivity contribution in [1.29, 1.82) is 0 Å². The van der Waals surface area contributed by atoms with Crippen LogP contribution < -0.4 is 0 Å². The summed E-state index contributed by atoms with van der Waals surface area (Å²) in [5.74, 6) is 2.95. The first-order valence-corrected chi connectivity index (χ1v) is 6.28. The Morgan fingerprint density at radius 3 is 3.09 bits per heavy atom. The van der Waals surface area contributed by atoms with Crippen molar-refractivity contribution in [3.63, 3.8) is 0 Å². The van der Waals surface area contributed by atoms with Gasteiger partial charge in [0.1, 0.15) is 0 Å². The zero-order chi connectivity index (χ0) is 8.32. The van der Waals surface area contributed by atoms with Crippen molar-refractivity contribution < 1.29 is 9.05 Å². The third-order valence-corrected chi connectivity index (χ3v) is 4.94. The van der Waals surface area contributed by atoms with Crippen molar-refractivity contribution in [2.24, 2.45) is 5.92 Å². The molecule has 1 aliphatic heterocycles. The van der Waals surface area contributed by atoms with E-state index in [9.17, 15) is 0 Å². The quantitative estimate of drug-likeness (QED) is 0.462. The van der Waals surface area contributed by atoms with Crippen LogP contribution in [0.5, 0.6) is 0 Å². The van der Waals surface area contributed by atoms with Crippen molar-refractivity contribution in [3.8, 4) is 12.3 Å². The minimum atomic E-state index is -1.98. The zero-order valence-corrected chi connectivity index (χ0v) is 8.16. The SMILES string of the molecule is C#CC1CCOP(=S)(OC)C1. The molecule has 0 spiro atoms. The Morgan fingerprint density at radius 1 is 1.82 bits per heavy atom. The van der Waals surface area contributed by atoms with Gasteiger partial charge in [-0.15, -0.1) is 12.3 Å². The van der Waals surface area contributed by atoms with Crippen molar-refractivity contribution in [2.75, 3.05) is 19.9 Å². The lowest BCUT2D eigenvalue weighted by Crippen LogP contribution is -2.16. The molecule has 0 aromatic rings. The van der Waals surface area contributed by atoms with Crippen molar-refractivity contribution >= 4 is 18.3 Å². The molecule has 2 atom stereocenters. The monoisotopic (exact) mass is 190 g/mol. The van der Waals surface area contributed by atoms with Gasteiger partial charge >= 0.3 is 0 Å². The van der Waals surface area contributed by atoms with Crippen molar-refractivity contribution in [2.45, 2.75) is 6.42 Å². The van der Waals surface area contributed by atoms with Crippen LogP contribution in [0.15, 0.2) is 0 Å². The first-order chi connectivity index (χ1) is 5.20. The second kappa shape index (κ2) is 3.69. The summed E-state index contributed by atoms with van der Waals surface area (Å²) in [7, 11) is 1.60. The predicted octanol–water partition coefficient (Wildman–Crippen LogP) is 1.61. The molecular formula is C7H11O2PS. The van der Waals surface area contributed by atoms with Crippen molar-refractivity contribution in [1.82, 2.24) is 0 Å². The molecule has 1 rings (SSSR count). The van der Waals surface area contributed by atoms with E-state index in [1.54, 1.807) is 7.11 Å². The van der Waals surface area contributed by atoms with Gasteiger partial charge < -0.3 is 9.05 Å². The molecule has 11 heavy (non-hydrogen) atoms. The molecule has 0 radical (unpaired) electrons. The summed E-state index contributed by atoms with van der Waals surface area (Å²) in [6, 6.07) is 0. The van der Waals surface area contributed by atoms with Crippen LogP contribution in [0.2, 0.25) is 0 Å². The maximum atomic E-state index is 5.35. The summed E-state index contributed by atoms with van der Waals surface area (Å²) < 4.78 is 10.5. The molecule has 2 unspecified atom stereocenters. The van der Waals surface area contributed by atoms with Gasteiger partial charge in [-0.25, -0.2) is 0 Å². The lowest BCUT2D eigenvalue weighted by atomic mass is 10.1. The van der Waals surface area contributed by atoms with Crippen LogP contribution in [0.3, 0.4) is 0 Å². The van der Waals surface area contributed by atoms with Crippen LogP contribution in [0.4, 0.5) is 0 Å². The minimum absolute atomic E-state index is 0.259. The average Bonchev–Trinajstić information content (AvgIpc) is 2.05. The maximum absolute atomic E-state index is 5.35. The summed E-state index contributed by atoms with van der Waals surface area (Å²) >= 11 is 5.17. The van der Waals surface area contributed by atoms with E-state index < -0.39 is 6.49 Å². The van der Waals surface area contributed by atoms with Gasteiger partial charge in [0.15, 0.2) is 6.49 Å². The molecule has 4 heteroatoms. The molecule has 2 nitrogen and oxygen atoms in total. The molecular weight excluding hydrogens is 179 g/mol. The highest BCUT2D eigenvalue weighted by molar-refractivity contribution is 8.09. The summed E-state index contributed by atoms with van der Waals surface area (Å²) in [4.78, 5) is 0.